The predicted molar refractivity (Wildman–Crippen MR) is 261 cm³/mol. The zero-order valence-electron chi connectivity index (χ0n) is 34.7. The number of anilines is 6. The number of para-hydroxylation sites is 3. The van der Waals surface area contributed by atoms with E-state index in [2.05, 4.69) is 265 Å². The number of hydrogen-bond donors (Lipinski definition) is 0. The highest BCUT2D eigenvalue weighted by molar-refractivity contribution is 6.11. The van der Waals surface area contributed by atoms with Crippen LogP contribution in [0.25, 0.3) is 60.9 Å². The third-order valence-corrected chi connectivity index (χ3v) is 12.1. The first-order valence-corrected chi connectivity index (χ1v) is 20.8. The number of aromatic nitrogens is 1. The minimum atomic E-state index is 1.13. The van der Waals surface area contributed by atoms with Crippen LogP contribution in [0.4, 0.5) is 34.1 Å². The van der Waals surface area contributed by atoms with Crippen LogP contribution in [-0.2, 0) is 0 Å². The highest BCUT2D eigenvalue weighted by atomic mass is 15.1. The largest absolute Gasteiger partial charge is 0.345 e. The fraction of sp³-hybridized carbons (Fsp3) is 0.0526. The summed E-state index contributed by atoms with van der Waals surface area (Å²) >= 11 is 0. The van der Waals surface area contributed by atoms with Crippen molar-refractivity contribution in [3.63, 3.8) is 0 Å². The van der Waals surface area contributed by atoms with Crippen LogP contribution in [0.1, 0.15) is 0 Å². The monoisotopic (exact) mass is 786 g/mol. The molecule has 0 aliphatic heterocycles. The molecule has 0 aliphatic carbocycles. The fourth-order valence-corrected chi connectivity index (χ4v) is 8.50. The van der Waals surface area contributed by atoms with Crippen molar-refractivity contribution >= 4 is 55.9 Å². The SMILES string of the molecule is CN(c1ccccc1)c1ccc(-c2ccc(-n3c4ccc(-c5ccc(N(C)c6ccccc6)cc5)cc4c4cc(-c5ccc(N(C)c6ccccc6)cc5)ccc43)cc2)cc1. The van der Waals surface area contributed by atoms with Crippen LogP contribution in [0.5, 0.6) is 0 Å². The van der Waals surface area contributed by atoms with Crippen LogP contribution in [0, 0.1) is 0 Å². The van der Waals surface area contributed by atoms with E-state index < -0.39 is 0 Å². The Kier molecular flexibility index (Phi) is 9.88. The van der Waals surface area contributed by atoms with Gasteiger partial charge < -0.3 is 19.3 Å². The molecule has 1 aromatic heterocycles. The highest BCUT2D eigenvalue weighted by Gasteiger charge is 2.16. The molecule has 0 atom stereocenters. The Morgan fingerprint density at radius 2 is 0.525 bits per heavy atom. The van der Waals surface area contributed by atoms with Gasteiger partial charge in [0.05, 0.1) is 11.0 Å². The Morgan fingerprint density at radius 3 is 0.852 bits per heavy atom. The summed E-state index contributed by atoms with van der Waals surface area (Å²) in [6.45, 7) is 0. The Labute approximate surface area is 358 Å². The molecule has 0 N–H and O–H groups in total. The molecule has 0 spiro atoms. The normalized spacial score (nSPS) is 11.2. The van der Waals surface area contributed by atoms with Crippen molar-refractivity contribution in [2.75, 3.05) is 35.8 Å². The van der Waals surface area contributed by atoms with Gasteiger partial charge >= 0.3 is 0 Å². The molecular weight excluding hydrogens is 741 g/mol. The molecule has 0 radical (unpaired) electrons. The van der Waals surface area contributed by atoms with Crippen LogP contribution in [0.15, 0.2) is 224 Å². The lowest BCUT2D eigenvalue weighted by molar-refractivity contribution is 1.18. The first-order chi connectivity index (χ1) is 30.0. The number of fused-ring (bicyclic) bond motifs is 3. The number of hydrogen-bond acceptors (Lipinski definition) is 3. The van der Waals surface area contributed by atoms with Crippen molar-refractivity contribution in [1.82, 2.24) is 4.57 Å². The molecule has 4 nitrogen and oxygen atoms in total. The average molecular weight is 787 g/mol. The molecule has 0 unspecified atom stereocenters. The van der Waals surface area contributed by atoms with Gasteiger partial charge in [-0.2, -0.15) is 0 Å². The summed E-state index contributed by atoms with van der Waals surface area (Å²) in [5.74, 6) is 0. The smallest absolute Gasteiger partial charge is 0.0541 e. The molecule has 0 amide bonds. The van der Waals surface area contributed by atoms with Crippen molar-refractivity contribution in [3.05, 3.63) is 224 Å². The van der Waals surface area contributed by atoms with Gasteiger partial charge in [-0.3, -0.25) is 0 Å². The van der Waals surface area contributed by atoms with Crippen molar-refractivity contribution in [1.29, 1.82) is 0 Å². The first kappa shape index (κ1) is 37.5. The van der Waals surface area contributed by atoms with E-state index in [1.54, 1.807) is 0 Å². The maximum atomic E-state index is 2.41. The second-order valence-electron chi connectivity index (χ2n) is 15.7. The van der Waals surface area contributed by atoms with Crippen molar-refractivity contribution in [2.45, 2.75) is 0 Å². The fourth-order valence-electron chi connectivity index (χ4n) is 8.50. The summed E-state index contributed by atoms with van der Waals surface area (Å²) in [6, 6.07) is 80.9. The Hall–Kier alpha value is -7.82. The maximum absolute atomic E-state index is 2.41. The van der Waals surface area contributed by atoms with Gasteiger partial charge in [0.2, 0.25) is 0 Å². The van der Waals surface area contributed by atoms with Crippen LogP contribution < -0.4 is 14.7 Å². The van der Waals surface area contributed by atoms with E-state index in [1.165, 1.54) is 60.9 Å². The molecular formula is C57H46N4. The van der Waals surface area contributed by atoms with E-state index in [-0.39, 0.29) is 0 Å². The van der Waals surface area contributed by atoms with E-state index in [9.17, 15) is 0 Å². The Bertz CT molecular complexity index is 2920. The number of nitrogens with zero attached hydrogens (tertiary/aromatic N) is 4. The Balaban J connectivity index is 1.01. The van der Waals surface area contributed by atoms with Crippen LogP contribution in [0.3, 0.4) is 0 Å². The van der Waals surface area contributed by atoms with E-state index in [0.29, 0.717) is 0 Å². The van der Waals surface area contributed by atoms with Crippen molar-refractivity contribution in [3.8, 4) is 39.1 Å². The summed E-state index contributed by atoms with van der Waals surface area (Å²) in [7, 11) is 6.35. The van der Waals surface area contributed by atoms with Gasteiger partial charge in [0.1, 0.15) is 0 Å². The predicted octanol–water partition coefficient (Wildman–Crippen LogP) is 15.1. The molecule has 0 aliphatic rings. The maximum Gasteiger partial charge on any atom is 0.0541 e. The minimum absolute atomic E-state index is 1.13. The van der Waals surface area contributed by atoms with Crippen LogP contribution >= 0.6 is 0 Å². The number of rotatable bonds is 10. The zero-order valence-corrected chi connectivity index (χ0v) is 34.7. The molecule has 0 bridgehead atoms. The number of benzene rings is 9. The molecule has 294 valence electrons. The lowest BCUT2D eigenvalue weighted by atomic mass is 10.00. The molecule has 10 aromatic rings. The third kappa shape index (κ3) is 7.30. The van der Waals surface area contributed by atoms with Gasteiger partial charge in [0.25, 0.3) is 0 Å². The molecule has 10 rings (SSSR count). The molecule has 1 heterocycles. The average Bonchev–Trinajstić information content (AvgIpc) is 3.67. The molecule has 0 saturated heterocycles. The van der Waals surface area contributed by atoms with Gasteiger partial charge in [-0.15, -0.1) is 0 Å². The second kappa shape index (κ2) is 16.1. The standard InChI is InChI=1S/C57H46N4/c1-58(47-13-7-4-8-14-47)50-29-19-41(20-30-50)42-25-35-53(36-26-42)61-56-37-27-45(43-21-31-51(32-22-43)59(2)48-15-9-5-10-16-48)39-54(56)55-40-46(28-38-57(55)61)44-23-33-52(34-24-44)60(3)49-17-11-6-12-18-49/h4-40H,1-3H3. The lowest BCUT2D eigenvalue weighted by Crippen LogP contribution is -2.08. The van der Waals surface area contributed by atoms with E-state index in [0.717, 1.165) is 34.1 Å². The molecule has 61 heavy (non-hydrogen) atoms. The summed E-state index contributed by atoms with van der Waals surface area (Å²) in [6.07, 6.45) is 0. The van der Waals surface area contributed by atoms with Crippen molar-refractivity contribution < 1.29 is 0 Å². The van der Waals surface area contributed by atoms with Gasteiger partial charge in [0, 0.05) is 71.7 Å². The molecule has 0 fully saturated rings. The summed E-state index contributed by atoms with van der Waals surface area (Å²) in [5, 5.41) is 2.45. The van der Waals surface area contributed by atoms with Gasteiger partial charge in [-0.05, 0) is 143 Å². The van der Waals surface area contributed by atoms with Gasteiger partial charge in [0.15, 0.2) is 0 Å². The molecule has 4 heteroatoms. The lowest BCUT2D eigenvalue weighted by Gasteiger charge is -2.19. The van der Waals surface area contributed by atoms with Crippen LogP contribution in [0.2, 0.25) is 0 Å². The van der Waals surface area contributed by atoms with Crippen LogP contribution in [-0.4, -0.2) is 25.7 Å². The highest BCUT2D eigenvalue weighted by Crippen LogP contribution is 2.39. The zero-order chi connectivity index (χ0) is 41.3. The quantitative estimate of drug-likeness (QED) is 0.137. The summed E-state index contributed by atoms with van der Waals surface area (Å²) in [4.78, 5) is 6.66. The van der Waals surface area contributed by atoms with E-state index in [4.69, 9.17) is 0 Å². The minimum Gasteiger partial charge on any atom is -0.345 e. The van der Waals surface area contributed by atoms with Crippen molar-refractivity contribution in [2.24, 2.45) is 0 Å². The summed E-state index contributed by atoms with van der Waals surface area (Å²) < 4.78 is 2.41. The molecule has 0 saturated carbocycles. The van der Waals surface area contributed by atoms with E-state index in [1.807, 2.05) is 0 Å². The molecule has 9 aromatic carbocycles. The van der Waals surface area contributed by atoms with E-state index >= 15 is 0 Å². The summed E-state index contributed by atoms with van der Waals surface area (Å²) in [5.41, 5.74) is 17.6. The van der Waals surface area contributed by atoms with Gasteiger partial charge in [-0.1, -0.05) is 115 Å². The second-order valence-corrected chi connectivity index (χ2v) is 15.7. The van der Waals surface area contributed by atoms with Gasteiger partial charge in [-0.25, -0.2) is 0 Å². The Morgan fingerprint density at radius 1 is 0.262 bits per heavy atom. The third-order valence-electron chi connectivity index (χ3n) is 12.1. The first-order valence-electron chi connectivity index (χ1n) is 20.8. The topological polar surface area (TPSA) is 14.7 Å².